The Hall–Kier alpha value is -3.02. The lowest BCUT2D eigenvalue weighted by atomic mass is 10.1. The first-order valence-electron chi connectivity index (χ1n) is 8.61. The zero-order chi connectivity index (χ0) is 18.7. The highest BCUT2D eigenvalue weighted by Crippen LogP contribution is 2.34. The number of urea groups is 1. The van der Waals surface area contributed by atoms with Crippen LogP contribution >= 0.6 is 0 Å². The van der Waals surface area contributed by atoms with Gasteiger partial charge in [-0.25, -0.2) is 9.59 Å². The summed E-state index contributed by atoms with van der Waals surface area (Å²) >= 11 is 0. The van der Waals surface area contributed by atoms with Crippen molar-refractivity contribution in [2.75, 3.05) is 23.4 Å². The number of hydrogen-bond donors (Lipinski definition) is 1. The molecule has 26 heavy (non-hydrogen) atoms. The molecule has 1 N–H and O–H groups in total. The zero-order valence-electron chi connectivity index (χ0n) is 15.1. The summed E-state index contributed by atoms with van der Waals surface area (Å²) in [5.41, 5.74) is 2.87. The van der Waals surface area contributed by atoms with Gasteiger partial charge in [0.15, 0.2) is 0 Å². The van der Waals surface area contributed by atoms with Gasteiger partial charge in [0.25, 0.3) is 0 Å². The van der Waals surface area contributed by atoms with Crippen LogP contribution in [0.15, 0.2) is 42.5 Å². The molecule has 2 aromatic carbocycles. The SMILES string of the molecule is CCOC(=O)c1ccc(NC(=O)N2CC(C)Oc3ccc(C)cc32)cc1. The number of rotatable bonds is 3. The molecule has 1 atom stereocenters. The van der Waals surface area contributed by atoms with Gasteiger partial charge in [-0.15, -0.1) is 0 Å². The number of carbonyl (C=O) groups is 2. The molecule has 0 aliphatic carbocycles. The molecule has 0 radical (unpaired) electrons. The molecule has 2 amide bonds. The van der Waals surface area contributed by atoms with Crippen molar-refractivity contribution in [2.45, 2.75) is 26.9 Å². The van der Waals surface area contributed by atoms with E-state index in [2.05, 4.69) is 5.32 Å². The number of anilines is 2. The summed E-state index contributed by atoms with van der Waals surface area (Å²) in [6, 6.07) is 12.2. The number of hydrogen-bond acceptors (Lipinski definition) is 4. The molecule has 2 aromatic rings. The van der Waals surface area contributed by atoms with Crippen molar-refractivity contribution in [3.05, 3.63) is 53.6 Å². The highest BCUT2D eigenvalue weighted by Gasteiger charge is 2.27. The molecule has 1 unspecified atom stereocenters. The van der Waals surface area contributed by atoms with E-state index < -0.39 is 0 Å². The Morgan fingerprint density at radius 3 is 2.65 bits per heavy atom. The van der Waals surface area contributed by atoms with Gasteiger partial charge in [-0.05, 0) is 62.7 Å². The van der Waals surface area contributed by atoms with Crippen molar-refractivity contribution in [3.8, 4) is 5.75 Å². The second-order valence-electron chi connectivity index (χ2n) is 6.24. The highest BCUT2D eigenvalue weighted by molar-refractivity contribution is 6.03. The van der Waals surface area contributed by atoms with Crippen molar-refractivity contribution in [1.82, 2.24) is 0 Å². The van der Waals surface area contributed by atoms with E-state index in [1.165, 1.54) is 0 Å². The second-order valence-corrected chi connectivity index (χ2v) is 6.24. The molecular formula is C20H22N2O4. The Morgan fingerprint density at radius 2 is 1.96 bits per heavy atom. The van der Waals surface area contributed by atoms with Gasteiger partial charge >= 0.3 is 12.0 Å². The van der Waals surface area contributed by atoms with Crippen LogP contribution in [0.2, 0.25) is 0 Å². The van der Waals surface area contributed by atoms with E-state index in [1.54, 1.807) is 36.1 Å². The van der Waals surface area contributed by atoms with Gasteiger partial charge in [-0.2, -0.15) is 0 Å². The number of nitrogens with zero attached hydrogens (tertiary/aromatic N) is 1. The predicted molar refractivity (Wildman–Crippen MR) is 100 cm³/mol. The summed E-state index contributed by atoms with van der Waals surface area (Å²) in [6.07, 6.45) is -0.0952. The fraction of sp³-hybridized carbons (Fsp3) is 0.300. The molecule has 1 heterocycles. The van der Waals surface area contributed by atoms with E-state index in [0.717, 1.165) is 11.3 Å². The highest BCUT2D eigenvalue weighted by atomic mass is 16.5. The summed E-state index contributed by atoms with van der Waals surface area (Å²) in [6.45, 7) is 6.45. The van der Waals surface area contributed by atoms with Gasteiger partial charge < -0.3 is 14.8 Å². The lowest BCUT2D eigenvalue weighted by Gasteiger charge is -2.33. The minimum atomic E-state index is -0.378. The maximum Gasteiger partial charge on any atom is 0.338 e. The number of ether oxygens (including phenoxy) is 2. The smallest absolute Gasteiger partial charge is 0.338 e. The van der Waals surface area contributed by atoms with Crippen LogP contribution in [-0.2, 0) is 4.74 Å². The van der Waals surface area contributed by atoms with E-state index in [1.807, 2.05) is 32.0 Å². The van der Waals surface area contributed by atoms with Crippen LogP contribution in [-0.4, -0.2) is 31.3 Å². The summed E-state index contributed by atoms with van der Waals surface area (Å²) in [5.74, 6) is 0.318. The van der Waals surface area contributed by atoms with Gasteiger partial charge in [-0.3, -0.25) is 4.90 Å². The third kappa shape index (κ3) is 3.79. The van der Waals surface area contributed by atoms with Crippen LogP contribution in [0.5, 0.6) is 5.75 Å². The molecule has 6 nitrogen and oxygen atoms in total. The molecule has 0 spiro atoms. The maximum absolute atomic E-state index is 12.8. The van der Waals surface area contributed by atoms with E-state index in [0.29, 0.717) is 30.2 Å². The van der Waals surface area contributed by atoms with Gasteiger partial charge in [0, 0.05) is 5.69 Å². The topological polar surface area (TPSA) is 67.9 Å². The van der Waals surface area contributed by atoms with Crippen molar-refractivity contribution in [1.29, 1.82) is 0 Å². The van der Waals surface area contributed by atoms with E-state index >= 15 is 0 Å². The van der Waals surface area contributed by atoms with E-state index in [4.69, 9.17) is 9.47 Å². The van der Waals surface area contributed by atoms with E-state index in [-0.39, 0.29) is 18.1 Å². The summed E-state index contributed by atoms with van der Waals surface area (Å²) in [4.78, 5) is 26.2. The Balaban J connectivity index is 1.76. The fourth-order valence-corrected chi connectivity index (χ4v) is 2.83. The van der Waals surface area contributed by atoms with Crippen LogP contribution in [0, 0.1) is 6.92 Å². The number of carbonyl (C=O) groups excluding carboxylic acids is 2. The number of benzene rings is 2. The molecule has 1 aliphatic heterocycles. The third-order valence-corrected chi connectivity index (χ3v) is 4.07. The first-order chi connectivity index (χ1) is 12.5. The van der Waals surface area contributed by atoms with Gasteiger partial charge in [-0.1, -0.05) is 6.07 Å². The molecule has 0 fully saturated rings. The number of amides is 2. The van der Waals surface area contributed by atoms with Gasteiger partial charge in [0.2, 0.25) is 0 Å². The lowest BCUT2D eigenvalue weighted by Crippen LogP contribution is -2.44. The molecule has 0 aromatic heterocycles. The zero-order valence-corrected chi connectivity index (χ0v) is 15.1. The average molecular weight is 354 g/mol. The number of esters is 1. The predicted octanol–water partition coefficient (Wildman–Crippen LogP) is 3.99. The third-order valence-electron chi connectivity index (χ3n) is 4.07. The van der Waals surface area contributed by atoms with Crippen LogP contribution in [0.4, 0.5) is 16.2 Å². The quantitative estimate of drug-likeness (QED) is 0.846. The summed E-state index contributed by atoms with van der Waals surface area (Å²) in [7, 11) is 0. The van der Waals surface area contributed by atoms with Crippen molar-refractivity contribution in [3.63, 3.8) is 0 Å². The minimum absolute atomic E-state index is 0.0952. The van der Waals surface area contributed by atoms with Crippen molar-refractivity contribution >= 4 is 23.4 Å². The largest absolute Gasteiger partial charge is 0.487 e. The molecule has 1 aliphatic rings. The molecule has 136 valence electrons. The van der Waals surface area contributed by atoms with Crippen molar-refractivity contribution in [2.24, 2.45) is 0 Å². The number of aryl methyl sites for hydroxylation is 1. The van der Waals surface area contributed by atoms with Gasteiger partial charge in [0.1, 0.15) is 11.9 Å². The molecule has 0 saturated heterocycles. The monoisotopic (exact) mass is 354 g/mol. The average Bonchev–Trinajstić information content (AvgIpc) is 2.62. The maximum atomic E-state index is 12.8. The van der Waals surface area contributed by atoms with Crippen LogP contribution in [0.1, 0.15) is 29.8 Å². The van der Waals surface area contributed by atoms with Crippen LogP contribution < -0.4 is 15.0 Å². The Bertz CT molecular complexity index is 817. The van der Waals surface area contributed by atoms with Gasteiger partial charge in [0.05, 0.1) is 24.4 Å². The Kier molecular flexibility index (Phi) is 5.11. The minimum Gasteiger partial charge on any atom is -0.487 e. The summed E-state index contributed by atoms with van der Waals surface area (Å²) in [5, 5.41) is 2.87. The number of nitrogens with one attached hydrogen (secondary N) is 1. The first kappa shape index (κ1) is 17.8. The normalized spacial score (nSPS) is 15.7. The second kappa shape index (κ2) is 7.47. The number of fused-ring (bicyclic) bond motifs is 1. The summed E-state index contributed by atoms with van der Waals surface area (Å²) < 4.78 is 10.8. The van der Waals surface area contributed by atoms with Crippen molar-refractivity contribution < 1.29 is 19.1 Å². The molecule has 0 saturated carbocycles. The van der Waals surface area contributed by atoms with Crippen LogP contribution in [0.25, 0.3) is 0 Å². The molecule has 0 bridgehead atoms. The standard InChI is InChI=1S/C20H22N2O4/c1-4-25-19(23)15-6-8-16(9-7-15)21-20(24)22-12-14(3)26-18-10-5-13(2)11-17(18)22/h5-11,14H,4,12H2,1-3H3,(H,21,24). The van der Waals surface area contributed by atoms with E-state index in [9.17, 15) is 9.59 Å². The molecular weight excluding hydrogens is 332 g/mol. The first-order valence-corrected chi connectivity index (χ1v) is 8.61. The molecule has 6 heteroatoms. The Labute approximate surface area is 152 Å². The lowest BCUT2D eigenvalue weighted by molar-refractivity contribution is 0.0526. The fourth-order valence-electron chi connectivity index (χ4n) is 2.83. The van der Waals surface area contributed by atoms with Crippen LogP contribution in [0.3, 0.4) is 0 Å². The molecule has 3 rings (SSSR count). The Morgan fingerprint density at radius 1 is 1.23 bits per heavy atom.